The van der Waals surface area contributed by atoms with Crippen molar-refractivity contribution in [1.82, 2.24) is 0 Å². The fourth-order valence-electron chi connectivity index (χ4n) is 8.54. The van der Waals surface area contributed by atoms with E-state index in [0.717, 1.165) is 17.1 Å². The van der Waals surface area contributed by atoms with Crippen molar-refractivity contribution >= 4 is 59.3 Å². The first kappa shape index (κ1) is 35.6. The van der Waals surface area contributed by atoms with Crippen LogP contribution in [0, 0.1) is 0 Å². The molecule has 1 aromatic heterocycles. The van der Waals surface area contributed by atoms with E-state index in [1.807, 2.05) is 11.3 Å². The van der Waals surface area contributed by atoms with Crippen LogP contribution in [-0.4, -0.2) is 0 Å². The molecule has 1 heterocycles. The highest BCUT2D eigenvalue weighted by Gasteiger charge is 2.16. The quantitative estimate of drug-likeness (QED) is 0.148. The van der Waals surface area contributed by atoms with E-state index in [2.05, 4.69) is 241 Å². The van der Waals surface area contributed by atoms with Crippen molar-refractivity contribution in [3.8, 4) is 55.6 Å². The summed E-state index contributed by atoms with van der Waals surface area (Å²) in [4.78, 5) is 2.39. The molecule has 0 amide bonds. The van der Waals surface area contributed by atoms with Gasteiger partial charge in [0.25, 0.3) is 0 Å². The molecule has 11 rings (SSSR count). The Morgan fingerprint density at radius 3 is 1.32 bits per heavy atom. The first-order chi connectivity index (χ1) is 29.7. The van der Waals surface area contributed by atoms with Crippen LogP contribution in [0.2, 0.25) is 0 Å². The van der Waals surface area contributed by atoms with E-state index in [-0.39, 0.29) is 0 Å². The van der Waals surface area contributed by atoms with E-state index in [0.29, 0.717) is 0 Å². The lowest BCUT2D eigenvalue weighted by Gasteiger charge is -2.26. The molecule has 0 atom stereocenters. The zero-order chi connectivity index (χ0) is 39.8. The van der Waals surface area contributed by atoms with E-state index in [9.17, 15) is 0 Å². The second-order valence-corrected chi connectivity index (χ2v) is 16.5. The van der Waals surface area contributed by atoms with Gasteiger partial charge in [0.15, 0.2) is 0 Å². The summed E-state index contributed by atoms with van der Waals surface area (Å²) in [6, 6.07) is 86.2. The highest BCUT2D eigenvalue weighted by atomic mass is 32.1. The number of anilines is 3. The molecule has 0 unspecified atom stereocenters. The molecule has 0 aliphatic rings. The monoisotopic (exact) mass is 781 g/mol. The molecule has 0 radical (unpaired) electrons. The number of hydrogen-bond donors (Lipinski definition) is 0. The van der Waals surface area contributed by atoms with Crippen LogP contribution in [0.25, 0.3) is 86.6 Å². The predicted molar refractivity (Wildman–Crippen MR) is 259 cm³/mol. The number of benzene rings is 10. The van der Waals surface area contributed by atoms with Gasteiger partial charge in [-0.25, -0.2) is 0 Å². The minimum Gasteiger partial charge on any atom is -0.310 e. The van der Waals surface area contributed by atoms with Gasteiger partial charge >= 0.3 is 0 Å². The SMILES string of the molecule is c1ccc(-c2cc(-c3ccccc3)cc(-c3ccc(N(c4ccc(-c5cccc(-c6ccc7ccccc7c6)c5)cc4)c4ccc5sc6ccccc6c5c4)cc3)c2)cc1. The van der Waals surface area contributed by atoms with Gasteiger partial charge in [-0.05, 0) is 145 Å². The smallest absolute Gasteiger partial charge is 0.0468 e. The van der Waals surface area contributed by atoms with Gasteiger partial charge in [0, 0.05) is 37.2 Å². The highest BCUT2D eigenvalue weighted by molar-refractivity contribution is 7.25. The third-order valence-electron chi connectivity index (χ3n) is 11.6. The first-order valence-corrected chi connectivity index (χ1v) is 21.3. The lowest BCUT2D eigenvalue weighted by Crippen LogP contribution is -2.09. The lowest BCUT2D eigenvalue weighted by atomic mass is 9.93. The Morgan fingerprint density at radius 2 is 0.667 bits per heavy atom. The van der Waals surface area contributed by atoms with E-state index in [4.69, 9.17) is 0 Å². The predicted octanol–water partition coefficient (Wildman–Crippen LogP) is 17.0. The van der Waals surface area contributed by atoms with Crippen molar-refractivity contribution in [3.63, 3.8) is 0 Å². The maximum atomic E-state index is 2.39. The van der Waals surface area contributed by atoms with Crippen LogP contribution in [0.15, 0.2) is 237 Å². The van der Waals surface area contributed by atoms with Crippen LogP contribution in [-0.2, 0) is 0 Å². The largest absolute Gasteiger partial charge is 0.310 e. The number of thiophene rings is 1. The summed E-state index contributed by atoms with van der Waals surface area (Å²) in [7, 11) is 0. The summed E-state index contributed by atoms with van der Waals surface area (Å²) in [5.74, 6) is 0. The number of nitrogens with zero attached hydrogens (tertiary/aromatic N) is 1. The van der Waals surface area contributed by atoms with Crippen LogP contribution in [0.3, 0.4) is 0 Å². The van der Waals surface area contributed by atoms with Crippen LogP contribution >= 0.6 is 11.3 Å². The Morgan fingerprint density at radius 1 is 0.233 bits per heavy atom. The first-order valence-electron chi connectivity index (χ1n) is 20.5. The molecule has 0 bridgehead atoms. The molecule has 11 aromatic rings. The van der Waals surface area contributed by atoms with E-state index < -0.39 is 0 Å². The summed E-state index contributed by atoms with van der Waals surface area (Å²) in [6.45, 7) is 0. The maximum absolute atomic E-state index is 2.39. The molecule has 0 saturated heterocycles. The van der Waals surface area contributed by atoms with Crippen molar-refractivity contribution in [2.45, 2.75) is 0 Å². The summed E-state index contributed by atoms with van der Waals surface area (Å²) in [5.41, 5.74) is 15.3. The van der Waals surface area contributed by atoms with Crippen molar-refractivity contribution < 1.29 is 0 Å². The Kier molecular flexibility index (Phi) is 9.11. The van der Waals surface area contributed by atoms with Gasteiger partial charge in [0.1, 0.15) is 0 Å². The van der Waals surface area contributed by atoms with Crippen LogP contribution in [0.1, 0.15) is 0 Å². The van der Waals surface area contributed by atoms with Crippen molar-refractivity contribution in [3.05, 3.63) is 237 Å². The molecule has 2 heteroatoms. The third-order valence-corrected chi connectivity index (χ3v) is 12.8. The minimum absolute atomic E-state index is 1.10. The van der Waals surface area contributed by atoms with Gasteiger partial charge in [0.05, 0.1) is 0 Å². The Bertz CT molecular complexity index is 3230. The standard InChI is InChI=1S/C58H39NS/c1-3-12-40(13-4-1)49-36-50(41-14-5-2-6-15-41)38-51(37-49)44-26-30-53(31-27-44)59(54-32-33-58-56(39-54)55-20-9-10-21-57(55)60-58)52-28-24-43(25-29-52)46-18-11-19-47(34-46)48-23-22-42-16-7-8-17-45(42)35-48/h1-39H. The maximum Gasteiger partial charge on any atom is 0.0468 e. The third kappa shape index (κ3) is 6.83. The van der Waals surface area contributed by atoms with Gasteiger partial charge in [-0.2, -0.15) is 0 Å². The summed E-state index contributed by atoms with van der Waals surface area (Å²) in [5, 5.41) is 5.09. The molecule has 10 aromatic carbocycles. The van der Waals surface area contributed by atoms with Crippen LogP contribution in [0.5, 0.6) is 0 Å². The zero-order valence-electron chi connectivity index (χ0n) is 32.9. The normalized spacial score (nSPS) is 11.3. The molecule has 0 aliphatic carbocycles. The molecular formula is C58H39NS. The fourth-order valence-corrected chi connectivity index (χ4v) is 9.63. The molecule has 0 spiro atoms. The van der Waals surface area contributed by atoms with Gasteiger partial charge in [0.2, 0.25) is 0 Å². The summed E-state index contributed by atoms with van der Waals surface area (Å²) in [6.07, 6.45) is 0. The summed E-state index contributed by atoms with van der Waals surface area (Å²) >= 11 is 1.85. The van der Waals surface area contributed by atoms with Crippen molar-refractivity contribution in [2.75, 3.05) is 4.90 Å². The molecular weight excluding hydrogens is 743 g/mol. The number of rotatable bonds is 8. The Hall–Kier alpha value is -7.52. The molecule has 1 nitrogen and oxygen atoms in total. The van der Waals surface area contributed by atoms with E-state index in [1.54, 1.807) is 0 Å². The van der Waals surface area contributed by atoms with Crippen LogP contribution in [0.4, 0.5) is 17.1 Å². The second-order valence-electron chi connectivity index (χ2n) is 15.4. The minimum atomic E-state index is 1.10. The fraction of sp³-hybridized carbons (Fsp3) is 0. The molecule has 60 heavy (non-hydrogen) atoms. The van der Waals surface area contributed by atoms with E-state index >= 15 is 0 Å². The number of hydrogen-bond acceptors (Lipinski definition) is 2. The van der Waals surface area contributed by atoms with Gasteiger partial charge in [-0.1, -0.05) is 158 Å². The average Bonchev–Trinajstić information content (AvgIpc) is 3.70. The molecule has 0 N–H and O–H groups in total. The average molecular weight is 782 g/mol. The van der Waals surface area contributed by atoms with E-state index in [1.165, 1.54) is 86.6 Å². The molecule has 0 aliphatic heterocycles. The Labute approximate surface area is 354 Å². The topological polar surface area (TPSA) is 3.24 Å². The van der Waals surface area contributed by atoms with Gasteiger partial charge in [-0.15, -0.1) is 11.3 Å². The van der Waals surface area contributed by atoms with Gasteiger partial charge < -0.3 is 4.90 Å². The zero-order valence-corrected chi connectivity index (χ0v) is 33.7. The Balaban J connectivity index is 0.985. The van der Waals surface area contributed by atoms with Crippen molar-refractivity contribution in [2.24, 2.45) is 0 Å². The van der Waals surface area contributed by atoms with Crippen molar-refractivity contribution in [1.29, 1.82) is 0 Å². The molecule has 0 fully saturated rings. The molecule has 282 valence electrons. The second kappa shape index (κ2) is 15.3. The highest BCUT2D eigenvalue weighted by Crippen LogP contribution is 2.42. The number of fused-ring (bicyclic) bond motifs is 4. The van der Waals surface area contributed by atoms with Crippen LogP contribution < -0.4 is 4.90 Å². The summed E-state index contributed by atoms with van der Waals surface area (Å²) < 4.78 is 2.60. The molecule has 0 saturated carbocycles. The van der Waals surface area contributed by atoms with Gasteiger partial charge in [-0.3, -0.25) is 0 Å². The lowest BCUT2D eigenvalue weighted by molar-refractivity contribution is 1.29.